The normalized spacial score (nSPS) is 10.5. The van der Waals surface area contributed by atoms with Crippen LogP contribution in [0.2, 0.25) is 0 Å². The molecular formula is C21H30N2O. The Hall–Kier alpha value is -2.16. The lowest BCUT2D eigenvalue weighted by Gasteiger charge is -2.21. The van der Waals surface area contributed by atoms with Crippen molar-refractivity contribution in [1.82, 2.24) is 0 Å². The summed E-state index contributed by atoms with van der Waals surface area (Å²) in [6.07, 6.45) is 2.27. The maximum absolute atomic E-state index is 5.70. The molecule has 0 bridgehead atoms. The smallest absolute Gasteiger partial charge is 0.119 e. The SMILES string of the molecule is CCCCOc1ccc(CNc2ccc(N(CC)CC)cc2)cc1. The second-order valence-electron chi connectivity index (χ2n) is 5.92. The highest BCUT2D eigenvalue weighted by Gasteiger charge is 2.01. The Morgan fingerprint density at radius 2 is 1.54 bits per heavy atom. The first-order valence-electron chi connectivity index (χ1n) is 9.07. The van der Waals surface area contributed by atoms with E-state index in [9.17, 15) is 0 Å². The van der Waals surface area contributed by atoms with Crippen LogP contribution in [-0.4, -0.2) is 19.7 Å². The second-order valence-corrected chi connectivity index (χ2v) is 5.92. The third-order valence-corrected chi connectivity index (χ3v) is 4.18. The summed E-state index contributed by atoms with van der Waals surface area (Å²) in [4.78, 5) is 2.35. The van der Waals surface area contributed by atoms with Gasteiger partial charge in [0.25, 0.3) is 0 Å². The van der Waals surface area contributed by atoms with Crippen LogP contribution in [0.15, 0.2) is 48.5 Å². The molecule has 2 aromatic carbocycles. The topological polar surface area (TPSA) is 24.5 Å². The number of benzene rings is 2. The molecule has 0 radical (unpaired) electrons. The maximum atomic E-state index is 5.70. The van der Waals surface area contributed by atoms with Crippen LogP contribution in [0.4, 0.5) is 11.4 Å². The van der Waals surface area contributed by atoms with Crippen molar-refractivity contribution < 1.29 is 4.74 Å². The van der Waals surface area contributed by atoms with Gasteiger partial charge in [-0.1, -0.05) is 25.5 Å². The zero-order valence-corrected chi connectivity index (χ0v) is 15.2. The molecule has 3 nitrogen and oxygen atoms in total. The molecule has 0 aliphatic heterocycles. The van der Waals surface area contributed by atoms with E-state index < -0.39 is 0 Å². The van der Waals surface area contributed by atoms with Crippen molar-refractivity contribution in [2.24, 2.45) is 0 Å². The van der Waals surface area contributed by atoms with Crippen LogP contribution in [0.5, 0.6) is 5.75 Å². The van der Waals surface area contributed by atoms with Crippen molar-refractivity contribution in [1.29, 1.82) is 0 Å². The molecule has 24 heavy (non-hydrogen) atoms. The Balaban J connectivity index is 1.84. The monoisotopic (exact) mass is 326 g/mol. The van der Waals surface area contributed by atoms with Gasteiger partial charge in [-0.3, -0.25) is 0 Å². The lowest BCUT2D eigenvalue weighted by molar-refractivity contribution is 0.309. The van der Waals surface area contributed by atoms with Gasteiger partial charge in [-0.05, 0) is 62.2 Å². The molecule has 0 aliphatic carbocycles. The van der Waals surface area contributed by atoms with Crippen molar-refractivity contribution in [3.63, 3.8) is 0 Å². The summed E-state index contributed by atoms with van der Waals surface area (Å²) in [5.74, 6) is 0.954. The maximum Gasteiger partial charge on any atom is 0.119 e. The highest BCUT2D eigenvalue weighted by Crippen LogP contribution is 2.19. The summed E-state index contributed by atoms with van der Waals surface area (Å²) in [6, 6.07) is 17.0. The lowest BCUT2D eigenvalue weighted by Crippen LogP contribution is -2.21. The van der Waals surface area contributed by atoms with Gasteiger partial charge in [0.2, 0.25) is 0 Å². The highest BCUT2D eigenvalue weighted by atomic mass is 16.5. The molecule has 1 N–H and O–H groups in total. The van der Waals surface area contributed by atoms with E-state index in [4.69, 9.17) is 4.74 Å². The predicted octanol–water partition coefficient (Wildman–Crippen LogP) is 5.32. The molecule has 130 valence electrons. The van der Waals surface area contributed by atoms with Crippen molar-refractivity contribution in [3.8, 4) is 5.75 Å². The Labute approximate surface area is 146 Å². The van der Waals surface area contributed by atoms with Crippen LogP contribution in [0.3, 0.4) is 0 Å². The molecule has 0 fully saturated rings. The number of rotatable bonds is 10. The molecule has 0 spiro atoms. The van der Waals surface area contributed by atoms with E-state index in [0.29, 0.717) is 0 Å². The Bertz CT molecular complexity index is 574. The number of hydrogen-bond donors (Lipinski definition) is 1. The molecule has 3 heteroatoms. The van der Waals surface area contributed by atoms with E-state index >= 15 is 0 Å². The van der Waals surface area contributed by atoms with E-state index in [1.165, 1.54) is 11.3 Å². The van der Waals surface area contributed by atoms with Crippen LogP contribution >= 0.6 is 0 Å². The number of anilines is 2. The molecule has 0 saturated carbocycles. The van der Waals surface area contributed by atoms with Crippen molar-refractivity contribution in [2.45, 2.75) is 40.2 Å². The lowest BCUT2D eigenvalue weighted by atomic mass is 10.2. The number of nitrogens with one attached hydrogen (secondary N) is 1. The van der Waals surface area contributed by atoms with Crippen molar-refractivity contribution in [2.75, 3.05) is 29.9 Å². The summed E-state index contributed by atoms with van der Waals surface area (Å²) >= 11 is 0. The van der Waals surface area contributed by atoms with Gasteiger partial charge in [0, 0.05) is 31.0 Å². The highest BCUT2D eigenvalue weighted by molar-refractivity contribution is 5.55. The van der Waals surface area contributed by atoms with Crippen LogP contribution in [-0.2, 0) is 6.54 Å². The number of hydrogen-bond acceptors (Lipinski definition) is 3. The molecular weight excluding hydrogens is 296 g/mol. The van der Waals surface area contributed by atoms with Gasteiger partial charge in [0.1, 0.15) is 5.75 Å². The minimum Gasteiger partial charge on any atom is -0.494 e. The molecule has 0 unspecified atom stereocenters. The first-order valence-corrected chi connectivity index (χ1v) is 9.07. The van der Waals surface area contributed by atoms with E-state index in [0.717, 1.165) is 50.5 Å². The first-order chi connectivity index (χ1) is 11.8. The van der Waals surface area contributed by atoms with Gasteiger partial charge < -0.3 is 15.0 Å². The Morgan fingerprint density at radius 3 is 2.12 bits per heavy atom. The van der Waals surface area contributed by atoms with E-state index in [2.05, 4.69) is 79.5 Å². The average Bonchev–Trinajstić information content (AvgIpc) is 2.63. The van der Waals surface area contributed by atoms with Crippen LogP contribution in [0.1, 0.15) is 39.2 Å². The second kappa shape index (κ2) is 9.86. The van der Waals surface area contributed by atoms with Crippen LogP contribution < -0.4 is 15.0 Å². The predicted molar refractivity (Wildman–Crippen MR) is 104 cm³/mol. The quantitative estimate of drug-likeness (QED) is 0.598. The summed E-state index contributed by atoms with van der Waals surface area (Å²) in [5, 5.41) is 3.48. The van der Waals surface area contributed by atoms with Crippen molar-refractivity contribution >= 4 is 11.4 Å². The molecule has 0 heterocycles. The van der Waals surface area contributed by atoms with Gasteiger partial charge >= 0.3 is 0 Å². The summed E-state index contributed by atoms with van der Waals surface area (Å²) in [7, 11) is 0. The van der Waals surface area contributed by atoms with Gasteiger partial charge in [-0.2, -0.15) is 0 Å². The van der Waals surface area contributed by atoms with Gasteiger partial charge in [0.15, 0.2) is 0 Å². The zero-order valence-electron chi connectivity index (χ0n) is 15.2. The number of unbranched alkanes of at least 4 members (excludes halogenated alkanes) is 1. The molecule has 0 aromatic heterocycles. The third kappa shape index (κ3) is 5.48. The fraction of sp³-hybridized carbons (Fsp3) is 0.429. The number of ether oxygens (including phenoxy) is 1. The molecule has 0 atom stereocenters. The zero-order chi connectivity index (χ0) is 17.2. The van der Waals surface area contributed by atoms with Crippen LogP contribution in [0.25, 0.3) is 0 Å². The summed E-state index contributed by atoms with van der Waals surface area (Å²) in [6.45, 7) is 10.2. The molecule has 0 amide bonds. The minimum atomic E-state index is 0.799. The van der Waals surface area contributed by atoms with Crippen LogP contribution in [0, 0.1) is 0 Å². The fourth-order valence-electron chi connectivity index (χ4n) is 2.62. The molecule has 0 saturated heterocycles. The standard InChI is InChI=1S/C21H30N2O/c1-4-7-16-24-21-14-8-18(9-15-21)17-22-19-10-12-20(13-11-19)23(5-2)6-3/h8-15,22H,4-7,16-17H2,1-3H3. The van der Waals surface area contributed by atoms with Gasteiger partial charge in [-0.25, -0.2) is 0 Å². The minimum absolute atomic E-state index is 0.799. The third-order valence-electron chi connectivity index (χ3n) is 4.18. The average molecular weight is 326 g/mol. The Kier molecular flexibility index (Phi) is 7.47. The fourth-order valence-corrected chi connectivity index (χ4v) is 2.62. The van der Waals surface area contributed by atoms with E-state index in [1.807, 2.05) is 0 Å². The molecule has 2 aromatic rings. The Morgan fingerprint density at radius 1 is 0.875 bits per heavy atom. The van der Waals surface area contributed by atoms with Gasteiger partial charge in [0.05, 0.1) is 6.61 Å². The van der Waals surface area contributed by atoms with Gasteiger partial charge in [-0.15, -0.1) is 0 Å². The first kappa shape index (κ1) is 18.2. The summed E-state index contributed by atoms with van der Waals surface area (Å²) < 4.78 is 5.70. The van der Waals surface area contributed by atoms with E-state index in [-0.39, 0.29) is 0 Å². The van der Waals surface area contributed by atoms with E-state index in [1.54, 1.807) is 0 Å². The number of nitrogens with zero attached hydrogens (tertiary/aromatic N) is 1. The molecule has 0 aliphatic rings. The van der Waals surface area contributed by atoms with Crippen molar-refractivity contribution in [3.05, 3.63) is 54.1 Å². The molecule has 2 rings (SSSR count). The largest absolute Gasteiger partial charge is 0.494 e. The summed E-state index contributed by atoms with van der Waals surface area (Å²) in [5.41, 5.74) is 3.68.